The first kappa shape index (κ1) is 11.1. The molecule has 2 nitrogen and oxygen atoms in total. The number of hydrogen-bond acceptors (Lipinski definition) is 2. The van der Waals surface area contributed by atoms with Gasteiger partial charge in [0.25, 0.3) is 0 Å². The Bertz CT molecular complexity index is 265. The second-order valence-electron chi connectivity index (χ2n) is 4.67. The standard InChI is InChI=1S/C12H18O2S/c1-8-2-4-9(5-3-8)10-6-7-11(15-10)12(13)14/h9-11H,1-7H2,(H,13,14). The first-order chi connectivity index (χ1) is 7.16. The molecule has 2 atom stereocenters. The number of hydrogen-bond donors (Lipinski definition) is 1. The van der Waals surface area contributed by atoms with Crippen molar-refractivity contribution in [3.63, 3.8) is 0 Å². The van der Waals surface area contributed by atoms with Crippen molar-refractivity contribution < 1.29 is 9.90 Å². The third-order valence-corrected chi connectivity index (χ3v) is 5.33. The lowest BCUT2D eigenvalue weighted by atomic mass is 9.83. The molecule has 0 amide bonds. The largest absolute Gasteiger partial charge is 0.480 e. The monoisotopic (exact) mass is 226 g/mol. The lowest BCUT2D eigenvalue weighted by molar-refractivity contribution is -0.136. The summed E-state index contributed by atoms with van der Waals surface area (Å²) >= 11 is 1.70. The number of aliphatic carboxylic acids is 1. The predicted molar refractivity (Wildman–Crippen MR) is 63.1 cm³/mol. The van der Waals surface area contributed by atoms with Crippen molar-refractivity contribution >= 4 is 17.7 Å². The van der Waals surface area contributed by atoms with Crippen molar-refractivity contribution in [2.24, 2.45) is 5.92 Å². The molecule has 1 heterocycles. The van der Waals surface area contributed by atoms with Gasteiger partial charge >= 0.3 is 5.97 Å². The van der Waals surface area contributed by atoms with Gasteiger partial charge in [0.05, 0.1) is 0 Å². The van der Waals surface area contributed by atoms with Crippen LogP contribution in [-0.4, -0.2) is 21.6 Å². The van der Waals surface area contributed by atoms with Gasteiger partial charge in [0, 0.05) is 5.25 Å². The van der Waals surface area contributed by atoms with E-state index in [2.05, 4.69) is 6.58 Å². The van der Waals surface area contributed by atoms with Crippen LogP contribution < -0.4 is 0 Å². The van der Waals surface area contributed by atoms with Crippen molar-refractivity contribution in [3.05, 3.63) is 12.2 Å². The van der Waals surface area contributed by atoms with E-state index in [1.807, 2.05) is 0 Å². The van der Waals surface area contributed by atoms with E-state index in [1.54, 1.807) is 11.8 Å². The van der Waals surface area contributed by atoms with E-state index >= 15 is 0 Å². The van der Waals surface area contributed by atoms with Gasteiger partial charge in [0.2, 0.25) is 0 Å². The molecule has 2 unspecified atom stereocenters. The Morgan fingerprint density at radius 1 is 1.27 bits per heavy atom. The molecule has 1 saturated heterocycles. The normalized spacial score (nSPS) is 33.2. The van der Waals surface area contributed by atoms with Crippen LogP contribution in [0.5, 0.6) is 0 Å². The Hall–Kier alpha value is -0.440. The third-order valence-electron chi connectivity index (χ3n) is 3.59. The number of rotatable bonds is 2. The summed E-state index contributed by atoms with van der Waals surface area (Å²) < 4.78 is 0. The fourth-order valence-electron chi connectivity index (χ4n) is 2.61. The van der Waals surface area contributed by atoms with Crippen LogP contribution in [0.2, 0.25) is 0 Å². The van der Waals surface area contributed by atoms with Gasteiger partial charge in [-0.2, -0.15) is 0 Å². The quantitative estimate of drug-likeness (QED) is 0.735. The fraction of sp³-hybridized carbons (Fsp3) is 0.750. The fourth-order valence-corrected chi connectivity index (χ4v) is 4.19. The molecule has 1 aliphatic heterocycles. The average molecular weight is 226 g/mol. The summed E-state index contributed by atoms with van der Waals surface area (Å²) in [5.74, 6) is 0.118. The van der Waals surface area contributed by atoms with E-state index in [9.17, 15) is 4.79 Å². The third kappa shape index (κ3) is 2.57. The highest BCUT2D eigenvalue weighted by Crippen LogP contribution is 2.43. The summed E-state index contributed by atoms with van der Waals surface area (Å²) in [5, 5.41) is 9.39. The summed E-state index contributed by atoms with van der Waals surface area (Å²) in [6.07, 6.45) is 6.71. The van der Waals surface area contributed by atoms with E-state index in [0.717, 1.165) is 31.6 Å². The minimum atomic E-state index is -0.622. The highest BCUT2D eigenvalue weighted by atomic mass is 32.2. The zero-order chi connectivity index (χ0) is 10.8. The van der Waals surface area contributed by atoms with Gasteiger partial charge in [0.1, 0.15) is 5.25 Å². The lowest BCUT2D eigenvalue weighted by Crippen LogP contribution is -2.19. The molecule has 0 aromatic rings. The second-order valence-corrected chi connectivity index (χ2v) is 6.11. The zero-order valence-corrected chi connectivity index (χ0v) is 9.76. The van der Waals surface area contributed by atoms with Crippen LogP contribution in [0.25, 0.3) is 0 Å². The molecule has 2 rings (SSSR count). The minimum Gasteiger partial charge on any atom is -0.480 e. The second kappa shape index (κ2) is 4.60. The van der Waals surface area contributed by atoms with E-state index in [4.69, 9.17) is 5.11 Å². The highest BCUT2D eigenvalue weighted by Gasteiger charge is 2.35. The maximum atomic E-state index is 10.8. The van der Waals surface area contributed by atoms with Crippen LogP contribution in [-0.2, 0) is 4.79 Å². The number of allylic oxidation sites excluding steroid dienone is 1. The van der Waals surface area contributed by atoms with Crippen molar-refractivity contribution in [3.8, 4) is 0 Å². The molecule has 0 spiro atoms. The number of carboxylic acid groups (broad SMARTS) is 1. The van der Waals surface area contributed by atoms with Crippen LogP contribution in [0.4, 0.5) is 0 Å². The zero-order valence-electron chi connectivity index (χ0n) is 8.95. The van der Waals surface area contributed by atoms with Gasteiger partial charge in [-0.25, -0.2) is 0 Å². The van der Waals surface area contributed by atoms with E-state index in [0.29, 0.717) is 5.25 Å². The molecule has 0 aromatic heterocycles. The van der Waals surface area contributed by atoms with Gasteiger partial charge in [-0.1, -0.05) is 12.2 Å². The van der Waals surface area contributed by atoms with Crippen molar-refractivity contribution in [1.29, 1.82) is 0 Å². The molecule has 84 valence electrons. The molecule has 1 N–H and O–H groups in total. The number of carboxylic acids is 1. The Labute approximate surface area is 95.1 Å². The van der Waals surface area contributed by atoms with Gasteiger partial charge in [-0.15, -0.1) is 11.8 Å². The first-order valence-electron chi connectivity index (χ1n) is 5.71. The van der Waals surface area contributed by atoms with E-state index < -0.39 is 5.97 Å². The van der Waals surface area contributed by atoms with Crippen molar-refractivity contribution in [1.82, 2.24) is 0 Å². The van der Waals surface area contributed by atoms with Crippen molar-refractivity contribution in [2.75, 3.05) is 0 Å². The Morgan fingerprint density at radius 3 is 2.47 bits per heavy atom. The molecule has 1 saturated carbocycles. The minimum absolute atomic E-state index is 0.139. The van der Waals surface area contributed by atoms with Gasteiger partial charge in [-0.3, -0.25) is 4.79 Å². The van der Waals surface area contributed by atoms with Crippen LogP contribution in [0, 0.1) is 5.92 Å². The summed E-state index contributed by atoms with van der Waals surface area (Å²) in [6, 6.07) is 0. The summed E-state index contributed by atoms with van der Waals surface area (Å²) in [7, 11) is 0. The van der Waals surface area contributed by atoms with Crippen LogP contribution >= 0.6 is 11.8 Å². The molecular formula is C12H18O2S. The van der Waals surface area contributed by atoms with Crippen molar-refractivity contribution in [2.45, 2.75) is 49.0 Å². The van der Waals surface area contributed by atoms with Gasteiger partial charge in [-0.05, 0) is 44.4 Å². The summed E-state index contributed by atoms with van der Waals surface area (Å²) in [6.45, 7) is 4.02. The highest BCUT2D eigenvalue weighted by molar-refractivity contribution is 8.01. The molecule has 2 fully saturated rings. The Balaban J connectivity index is 1.85. The first-order valence-corrected chi connectivity index (χ1v) is 6.66. The Kier molecular flexibility index (Phi) is 3.39. The maximum Gasteiger partial charge on any atom is 0.316 e. The molecule has 0 bridgehead atoms. The van der Waals surface area contributed by atoms with E-state index in [-0.39, 0.29) is 5.25 Å². The molecule has 0 radical (unpaired) electrons. The molecular weight excluding hydrogens is 208 g/mol. The average Bonchev–Trinajstić information content (AvgIpc) is 2.68. The molecule has 1 aliphatic carbocycles. The SMILES string of the molecule is C=C1CCC(C2CCC(C(=O)O)S2)CC1. The van der Waals surface area contributed by atoms with E-state index in [1.165, 1.54) is 18.4 Å². The van der Waals surface area contributed by atoms with Crippen LogP contribution in [0.1, 0.15) is 38.5 Å². The van der Waals surface area contributed by atoms with Gasteiger partial charge in [0.15, 0.2) is 0 Å². The maximum absolute atomic E-state index is 10.8. The number of thioether (sulfide) groups is 1. The molecule has 2 aliphatic rings. The topological polar surface area (TPSA) is 37.3 Å². The van der Waals surface area contributed by atoms with Crippen LogP contribution in [0.3, 0.4) is 0 Å². The summed E-state index contributed by atoms with van der Waals surface area (Å²) in [4.78, 5) is 10.8. The summed E-state index contributed by atoms with van der Waals surface area (Å²) in [5.41, 5.74) is 1.38. The smallest absolute Gasteiger partial charge is 0.316 e. The van der Waals surface area contributed by atoms with Gasteiger partial charge < -0.3 is 5.11 Å². The number of carbonyl (C=O) groups is 1. The molecule has 3 heteroatoms. The molecule has 15 heavy (non-hydrogen) atoms. The lowest BCUT2D eigenvalue weighted by Gasteiger charge is -2.27. The molecule has 0 aromatic carbocycles. The Morgan fingerprint density at radius 2 is 1.93 bits per heavy atom. The predicted octanol–water partition coefficient (Wildman–Crippen LogP) is 3.08. The van der Waals surface area contributed by atoms with Crippen LogP contribution in [0.15, 0.2) is 12.2 Å².